The summed E-state index contributed by atoms with van der Waals surface area (Å²) in [5.74, 6) is -0.207. The molecule has 1 aromatic heterocycles. The van der Waals surface area contributed by atoms with E-state index in [0.29, 0.717) is 5.02 Å². The lowest BCUT2D eigenvalue weighted by Crippen LogP contribution is -2.45. The first-order valence-corrected chi connectivity index (χ1v) is 14.0. The smallest absolute Gasteiger partial charge is 0.186 e. The Morgan fingerprint density at radius 2 is 1.94 bits per heavy atom. The highest BCUT2D eigenvalue weighted by atomic mass is 35.5. The van der Waals surface area contributed by atoms with Crippen LogP contribution in [0.3, 0.4) is 0 Å². The van der Waals surface area contributed by atoms with Gasteiger partial charge in [0.25, 0.3) is 0 Å². The summed E-state index contributed by atoms with van der Waals surface area (Å²) in [4.78, 5) is 20.8. The van der Waals surface area contributed by atoms with Crippen molar-refractivity contribution in [3.05, 3.63) is 52.4 Å². The molecule has 0 aliphatic carbocycles. The number of hydrogen-bond acceptors (Lipinski definition) is 6. The van der Waals surface area contributed by atoms with Crippen molar-refractivity contribution < 1.29 is 13.2 Å². The number of piperidine rings is 1. The molecule has 2 heterocycles. The maximum Gasteiger partial charge on any atom is 0.186 e. The van der Waals surface area contributed by atoms with E-state index in [0.717, 1.165) is 52.9 Å². The summed E-state index contributed by atoms with van der Waals surface area (Å²) in [6.07, 6.45) is 4.80. The number of aryl methyl sites for hydroxylation is 1. The van der Waals surface area contributed by atoms with Crippen molar-refractivity contribution in [2.45, 2.75) is 50.1 Å². The molecule has 1 atom stereocenters. The van der Waals surface area contributed by atoms with Crippen molar-refractivity contribution in [2.75, 3.05) is 24.2 Å². The number of benzene rings is 2. The maximum absolute atomic E-state index is 13.2. The van der Waals surface area contributed by atoms with Crippen molar-refractivity contribution >= 4 is 54.3 Å². The first kappa shape index (κ1) is 24.0. The number of anilines is 1. The van der Waals surface area contributed by atoms with E-state index in [2.05, 4.69) is 27.6 Å². The largest absolute Gasteiger partial charge is 0.352 e. The fourth-order valence-electron chi connectivity index (χ4n) is 4.34. The van der Waals surface area contributed by atoms with Crippen LogP contribution in [0.2, 0.25) is 5.02 Å². The predicted molar refractivity (Wildman–Crippen MR) is 135 cm³/mol. The van der Waals surface area contributed by atoms with Gasteiger partial charge in [-0.15, -0.1) is 0 Å². The minimum atomic E-state index is -3.58. The van der Waals surface area contributed by atoms with Gasteiger partial charge >= 0.3 is 0 Å². The van der Waals surface area contributed by atoms with Gasteiger partial charge in [0.15, 0.2) is 20.4 Å². The Hall–Kier alpha value is -2.16. The molecule has 1 aliphatic rings. The molecule has 1 saturated heterocycles. The Balaban J connectivity index is 1.50. The Kier molecular flexibility index (Phi) is 7.26. The standard InChI is InChI=1S/C24H28ClN3O3S2/c1-3-27-16-23(32-24(27)26-2)28-12-5-4-6-21(28)22(29)11-13-33(30,31)20-10-8-17-14-19(25)9-7-18(17)15-20/h7-10,14-16,21H,3-6,11-13H2,1-2H3. The first-order valence-electron chi connectivity index (χ1n) is 11.2. The molecule has 0 amide bonds. The number of ketones is 1. The number of thiazole rings is 1. The van der Waals surface area contributed by atoms with Crippen LogP contribution in [0.25, 0.3) is 10.8 Å². The van der Waals surface area contributed by atoms with Gasteiger partial charge in [-0.1, -0.05) is 35.1 Å². The minimum Gasteiger partial charge on any atom is -0.352 e. The lowest BCUT2D eigenvalue weighted by molar-refractivity contribution is -0.120. The number of sulfone groups is 1. The molecule has 0 N–H and O–H groups in total. The molecule has 3 aromatic rings. The van der Waals surface area contributed by atoms with Gasteiger partial charge in [-0.05, 0) is 61.2 Å². The van der Waals surface area contributed by atoms with E-state index >= 15 is 0 Å². The minimum absolute atomic E-state index is 0.00627. The molecular formula is C24H28ClN3O3S2. The summed E-state index contributed by atoms with van der Waals surface area (Å²) in [6, 6.07) is 10.1. The highest BCUT2D eigenvalue weighted by molar-refractivity contribution is 7.91. The van der Waals surface area contributed by atoms with Crippen molar-refractivity contribution in [3.8, 4) is 0 Å². The lowest BCUT2D eigenvalue weighted by atomic mass is 9.97. The van der Waals surface area contributed by atoms with E-state index in [1.165, 1.54) is 0 Å². The number of Topliss-reactive ketones (excluding diaryl/α,β-unsaturated/α-hetero) is 1. The van der Waals surface area contributed by atoms with Crippen LogP contribution in [-0.4, -0.2) is 44.2 Å². The highest BCUT2D eigenvalue weighted by Gasteiger charge is 2.31. The van der Waals surface area contributed by atoms with Gasteiger partial charge in [-0.2, -0.15) is 0 Å². The fraction of sp³-hybridized carbons (Fsp3) is 0.417. The molecule has 4 rings (SSSR count). The quantitative estimate of drug-likeness (QED) is 0.466. The van der Waals surface area contributed by atoms with Gasteiger partial charge < -0.3 is 9.47 Å². The molecule has 0 spiro atoms. The molecule has 33 heavy (non-hydrogen) atoms. The van der Waals surface area contributed by atoms with Crippen LogP contribution in [0.5, 0.6) is 0 Å². The molecule has 1 unspecified atom stereocenters. The van der Waals surface area contributed by atoms with Crippen LogP contribution in [-0.2, 0) is 21.2 Å². The summed E-state index contributed by atoms with van der Waals surface area (Å²) in [5, 5.41) is 3.32. The number of rotatable bonds is 7. The summed E-state index contributed by atoms with van der Waals surface area (Å²) in [7, 11) is -1.81. The van der Waals surface area contributed by atoms with Crippen LogP contribution < -0.4 is 9.70 Å². The molecule has 0 radical (unpaired) electrons. The third kappa shape index (κ3) is 5.18. The second-order valence-corrected chi connectivity index (χ2v) is 11.8. The van der Waals surface area contributed by atoms with Gasteiger partial charge in [-0.3, -0.25) is 9.79 Å². The van der Waals surface area contributed by atoms with E-state index in [1.54, 1.807) is 48.7 Å². The summed E-state index contributed by atoms with van der Waals surface area (Å²) in [6.45, 7) is 3.67. The zero-order valence-corrected chi connectivity index (χ0v) is 21.2. The fourth-order valence-corrected chi connectivity index (χ4v) is 6.90. The van der Waals surface area contributed by atoms with E-state index in [-0.39, 0.29) is 28.9 Å². The molecule has 0 saturated carbocycles. The van der Waals surface area contributed by atoms with Crippen molar-refractivity contribution in [1.82, 2.24) is 4.57 Å². The van der Waals surface area contributed by atoms with Gasteiger partial charge in [0.1, 0.15) is 5.00 Å². The summed E-state index contributed by atoms with van der Waals surface area (Å²) in [5.41, 5.74) is 0. The zero-order valence-electron chi connectivity index (χ0n) is 18.8. The monoisotopic (exact) mass is 505 g/mol. The van der Waals surface area contributed by atoms with E-state index in [9.17, 15) is 13.2 Å². The molecule has 1 fully saturated rings. The molecule has 176 valence electrons. The number of halogens is 1. The molecule has 0 bridgehead atoms. The Morgan fingerprint density at radius 1 is 1.18 bits per heavy atom. The number of aromatic nitrogens is 1. The first-order chi connectivity index (χ1) is 15.8. The molecular weight excluding hydrogens is 478 g/mol. The third-order valence-electron chi connectivity index (χ3n) is 6.15. The zero-order chi connectivity index (χ0) is 23.6. The highest BCUT2D eigenvalue weighted by Crippen LogP contribution is 2.29. The maximum atomic E-state index is 13.2. The van der Waals surface area contributed by atoms with E-state index < -0.39 is 9.84 Å². The second kappa shape index (κ2) is 9.99. The Morgan fingerprint density at radius 3 is 2.67 bits per heavy atom. The normalized spacial score (nSPS) is 17.6. The molecule has 9 heteroatoms. The average Bonchev–Trinajstić information content (AvgIpc) is 3.25. The van der Waals surface area contributed by atoms with E-state index in [4.69, 9.17) is 11.6 Å². The van der Waals surface area contributed by atoms with Crippen LogP contribution in [0.4, 0.5) is 5.00 Å². The second-order valence-electron chi connectivity index (χ2n) is 8.26. The third-order valence-corrected chi connectivity index (χ3v) is 9.24. The van der Waals surface area contributed by atoms with Crippen molar-refractivity contribution in [1.29, 1.82) is 0 Å². The predicted octanol–water partition coefficient (Wildman–Crippen LogP) is 4.70. The Bertz CT molecular complexity index is 1340. The van der Waals surface area contributed by atoms with Crippen LogP contribution in [0.1, 0.15) is 32.6 Å². The molecule has 6 nitrogen and oxygen atoms in total. The molecule has 1 aliphatic heterocycles. The lowest BCUT2D eigenvalue weighted by Gasteiger charge is -2.35. The number of carbonyl (C=O) groups excluding carboxylic acids is 1. The van der Waals surface area contributed by atoms with Crippen molar-refractivity contribution in [2.24, 2.45) is 4.99 Å². The van der Waals surface area contributed by atoms with Crippen molar-refractivity contribution in [3.63, 3.8) is 0 Å². The van der Waals surface area contributed by atoms with Crippen LogP contribution in [0.15, 0.2) is 52.5 Å². The number of fused-ring (bicyclic) bond motifs is 1. The number of hydrogen-bond donors (Lipinski definition) is 0. The van der Waals surface area contributed by atoms with Gasteiger partial charge in [0.2, 0.25) is 0 Å². The topological polar surface area (TPSA) is 71.7 Å². The van der Waals surface area contributed by atoms with E-state index in [1.807, 2.05) is 6.07 Å². The van der Waals surface area contributed by atoms with Gasteiger partial charge in [-0.25, -0.2) is 8.42 Å². The van der Waals surface area contributed by atoms with Crippen LogP contribution in [0, 0.1) is 0 Å². The van der Waals surface area contributed by atoms with Crippen LogP contribution >= 0.6 is 22.9 Å². The summed E-state index contributed by atoms with van der Waals surface area (Å²) < 4.78 is 28.1. The number of carbonyl (C=O) groups is 1. The summed E-state index contributed by atoms with van der Waals surface area (Å²) >= 11 is 7.60. The van der Waals surface area contributed by atoms with Gasteiger partial charge in [0, 0.05) is 37.8 Å². The van der Waals surface area contributed by atoms with Gasteiger partial charge in [0.05, 0.1) is 16.7 Å². The molecule has 2 aromatic carbocycles. The Labute approximate surface area is 203 Å². The SMILES string of the molecule is CCn1cc(N2CCCCC2C(=O)CCS(=O)(=O)c2ccc3cc(Cl)ccc3c2)sc1=NC. The average molecular weight is 506 g/mol. The number of nitrogens with zero attached hydrogens (tertiary/aromatic N) is 3.